The standard InChI is InChI=1S/C16H24N2O2/c1-6-20-12-8-7-10(9-11(12)17)13(19)18-14-15(2,3)16(14,4)5/h7-9,14H,6,17H2,1-5H3,(H,18,19). The summed E-state index contributed by atoms with van der Waals surface area (Å²) in [5.41, 5.74) is 7.21. The first kappa shape index (κ1) is 14.7. The quantitative estimate of drug-likeness (QED) is 0.831. The lowest BCUT2D eigenvalue weighted by Gasteiger charge is -2.10. The van der Waals surface area contributed by atoms with Crippen LogP contribution in [0.5, 0.6) is 5.75 Å². The van der Waals surface area contributed by atoms with Gasteiger partial charge in [0.15, 0.2) is 0 Å². The number of carbonyl (C=O) groups excluding carboxylic acids is 1. The highest BCUT2D eigenvalue weighted by Gasteiger charge is 2.65. The van der Waals surface area contributed by atoms with Crippen LogP contribution in [0.2, 0.25) is 0 Å². The zero-order valence-electron chi connectivity index (χ0n) is 12.9. The highest BCUT2D eigenvalue weighted by molar-refractivity contribution is 5.96. The summed E-state index contributed by atoms with van der Waals surface area (Å²) in [7, 11) is 0. The van der Waals surface area contributed by atoms with E-state index in [9.17, 15) is 4.79 Å². The van der Waals surface area contributed by atoms with Gasteiger partial charge in [0.1, 0.15) is 5.75 Å². The van der Waals surface area contributed by atoms with Gasteiger partial charge in [-0.05, 0) is 36.0 Å². The topological polar surface area (TPSA) is 64.3 Å². The van der Waals surface area contributed by atoms with Crippen LogP contribution in [0.3, 0.4) is 0 Å². The Labute approximate surface area is 120 Å². The van der Waals surface area contributed by atoms with Crippen LogP contribution in [0.25, 0.3) is 0 Å². The third-order valence-corrected chi connectivity index (χ3v) is 4.87. The van der Waals surface area contributed by atoms with Crippen molar-refractivity contribution in [3.63, 3.8) is 0 Å². The maximum atomic E-state index is 12.3. The second-order valence-corrected chi connectivity index (χ2v) is 6.54. The third-order valence-electron chi connectivity index (χ3n) is 4.87. The van der Waals surface area contributed by atoms with E-state index in [2.05, 4.69) is 33.0 Å². The zero-order chi connectivity index (χ0) is 15.1. The SMILES string of the molecule is CCOc1ccc(C(=O)NC2C(C)(C)C2(C)C)cc1N. The van der Waals surface area contributed by atoms with Crippen LogP contribution >= 0.6 is 0 Å². The fourth-order valence-electron chi connectivity index (χ4n) is 2.75. The number of hydrogen-bond acceptors (Lipinski definition) is 3. The molecule has 2 rings (SSSR count). The molecule has 0 unspecified atom stereocenters. The number of ether oxygens (including phenoxy) is 1. The lowest BCUT2D eigenvalue weighted by Crippen LogP contribution is -2.29. The monoisotopic (exact) mass is 276 g/mol. The molecule has 0 atom stereocenters. The van der Waals surface area contributed by atoms with Gasteiger partial charge >= 0.3 is 0 Å². The van der Waals surface area contributed by atoms with Crippen molar-refractivity contribution in [3.8, 4) is 5.75 Å². The van der Waals surface area contributed by atoms with Gasteiger partial charge < -0.3 is 15.8 Å². The van der Waals surface area contributed by atoms with E-state index in [1.165, 1.54) is 0 Å². The largest absolute Gasteiger partial charge is 0.492 e. The Hall–Kier alpha value is -1.71. The van der Waals surface area contributed by atoms with E-state index in [4.69, 9.17) is 10.5 Å². The van der Waals surface area contributed by atoms with Gasteiger partial charge in [-0.25, -0.2) is 0 Å². The number of nitrogen functional groups attached to an aromatic ring is 1. The molecule has 1 aromatic carbocycles. The summed E-state index contributed by atoms with van der Waals surface area (Å²) >= 11 is 0. The molecule has 0 heterocycles. The van der Waals surface area contributed by atoms with Crippen LogP contribution in [-0.2, 0) is 0 Å². The van der Waals surface area contributed by atoms with Crippen molar-refractivity contribution in [2.24, 2.45) is 10.8 Å². The molecule has 4 nitrogen and oxygen atoms in total. The van der Waals surface area contributed by atoms with E-state index >= 15 is 0 Å². The second kappa shape index (κ2) is 4.69. The summed E-state index contributed by atoms with van der Waals surface area (Å²) in [6.45, 7) is 11.1. The number of nitrogens with two attached hydrogens (primary N) is 1. The van der Waals surface area contributed by atoms with Gasteiger partial charge in [0.05, 0.1) is 12.3 Å². The summed E-state index contributed by atoms with van der Waals surface area (Å²) in [6, 6.07) is 5.36. The molecule has 0 bridgehead atoms. The van der Waals surface area contributed by atoms with Crippen molar-refractivity contribution in [2.45, 2.75) is 40.7 Å². The molecule has 0 radical (unpaired) electrons. The summed E-state index contributed by atoms with van der Waals surface area (Å²) in [5.74, 6) is 0.541. The number of hydrogen-bond donors (Lipinski definition) is 2. The predicted molar refractivity (Wildman–Crippen MR) is 80.8 cm³/mol. The van der Waals surface area contributed by atoms with Gasteiger partial charge in [-0.2, -0.15) is 0 Å². The Morgan fingerprint density at radius 1 is 1.30 bits per heavy atom. The normalized spacial score (nSPS) is 19.4. The Morgan fingerprint density at radius 2 is 1.90 bits per heavy atom. The minimum absolute atomic E-state index is 0.0802. The molecule has 1 fully saturated rings. The van der Waals surface area contributed by atoms with Gasteiger partial charge in [0.25, 0.3) is 5.91 Å². The molecule has 1 aliphatic rings. The molecular weight excluding hydrogens is 252 g/mol. The smallest absolute Gasteiger partial charge is 0.251 e. The molecular formula is C16H24N2O2. The Kier molecular flexibility index (Phi) is 3.44. The third kappa shape index (κ3) is 2.23. The second-order valence-electron chi connectivity index (χ2n) is 6.54. The van der Waals surface area contributed by atoms with Crippen molar-refractivity contribution >= 4 is 11.6 Å². The van der Waals surface area contributed by atoms with Crippen molar-refractivity contribution in [1.29, 1.82) is 0 Å². The lowest BCUT2D eigenvalue weighted by atomic mass is 10.0. The Bertz CT molecular complexity index is 521. The summed E-state index contributed by atoms with van der Waals surface area (Å²) in [4.78, 5) is 12.3. The van der Waals surface area contributed by atoms with Crippen molar-refractivity contribution < 1.29 is 9.53 Å². The van der Waals surface area contributed by atoms with Crippen molar-refractivity contribution in [3.05, 3.63) is 23.8 Å². The van der Waals surface area contributed by atoms with Gasteiger partial charge in [0, 0.05) is 11.6 Å². The molecule has 0 aliphatic heterocycles. The number of benzene rings is 1. The number of carbonyl (C=O) groups is 1. The highest BCUT2D eigenvalue weighted by Crippen LogP contribution is 2.62. The fraction of sp³-hybridized carbons (Fsp3) is 0.562. The van der Waals surface area contributed by atoms with Gasteiger partial charge in [-0.3, -0.25) is 4.79 Å². The molecule has 4 heteroatoms. The number of rotatable bonds is 4. The molecule has 110 valence electrons. The van der Waals surface area contributed by atoms with E-state index in [1.807, 2.05) is 6.92 Å². The summed E-state index contributed by atoms with van der Waals surface area (Å²) in [6.07, 6.45) is 0. The highest BCUT2D eigenvalue weighted by atomic mass is 16.5. The van der Waals surface area contributed by atoms with E-state index in [-0.39, 0.29) is 22.8 Å². The number of anilines is 1. The lowest BCUT2D eigenvalue weighted by molar-refractivity contribution is 0.0943. The Morgan fingerprint density at radius 3 is 2.35 bits per heavy atom. The van der Waals surface area contributed by atoms with Crippen LogP contribution < -0.4 is 15.8 Å². The first-order valence-corrected chi connectivity index (χ1v) is 7.05. The molecule has 20 heavy (non-hydrogen) atoms. The van der Waals surface area contributed by atoms with E-state index in [0.717, 1.165) is 0 Å². The first-order valence-electron chi connectivity index (χ1n) is 7.05. The van der Waals surface area contributed by atoms with E-state index in [0.29, 0.717) is 23.6 Å². The molecule has 0 aromatic heterocycles. The van der Waals surface area contributed by atoms with E-state index < -0.39 is 0 Å². The molecule has 0 saturated heterocycles. The van der Waals surface area contributed by atoms with Crippen LogP contribution in [0.1, 0.15) is 45.0 Å². The Balaban J connectivity index is 2.10. The van der Waals surface area contributed by atoms with Crippen LogP contribution in [0.4, 0.5) is 5.69 Å². The van der Waals surface area contributed by atoms with Gasteiger partial charge in [-0.1, -0.05) is 27.7 Å². The van der Waals surface area contributed by atoms with Gasteiger partial charge in [0.2, 0.25) is 0 Å². The van der Waals surface area contributed by atoms with Crippen LogP contribution in [-0.4, -0.2) is 18.6 Å². The summed E-state index contributed by atoms with van der Waals surface area (Å²) in [5, 5.41) is 3.09. The molecule has 1 aliphatic carbocycles. The molecule has 1 saturated carbocycles. The minimum atomic E-state index is -0.0802. The number of nitrogens with one attached hydrogen (secondary N) is 1. The predicted octanol–water partition coefficient (Wildman–Crippen LogP) is 2.83. The van der Waals surface area contributed by atoms with Crippen LogP contribution in [0, 0.1) is 10.8 Å². The number of amides is 1. The minimum Gasteiger partial charge on any atom is -0.492 e. The zero-order valence-corrected chi connectivity index (χ0v) is 12.9. The van der Waals surface area contributed by atoms with Gasteiger partial charge in [-0.15, -0.1) is 0 Å². The van der Waals surface area contributed by atoms with Crippen molar-refractivity contribution in [2.75, 3.05) is 12.3 Å². The molecule has 0 spiro atoms. The summed E-state index contributed by atoms with van der Waals surface area (Å²) < 4.78 is 5.37. The maximum absolute atomic E-state index is 12.3. The van der Waals surface area contributed by atoms with Crippen molar-refractivity contribution in [1.82, 2.24) is 5.32 Å². The average molecular weight is 276 g/mol. The van der Waals surface area contributed by atoms with Crippen LogP contribution in [0.15, 0.2) is 18.2 Å². The molecule has 1 aromatic rings. The first-order chi connectivity index (χ1) is 9.21. The molecule has 1 amide bonds. The molecule has 3 N–H and O–H groups in total. The maximum Gasteiger partial charge on any atom is 0.251 e. The van der Waals surface area contributed by atoms with E-state index in [1.54, 1.807) is 18.2 Å². The fourth-order valence-corrected chi connectivity index (χ4v) is 2.75. The average Bonchev–Trinajstić information content (AvgIpc) is 2.74.